The van der Waals surface area contributed by atoms with E-state index in [0.717, 1.165) is 18.7 Å². The van der Waals surface area contributed by atoms with E-state index in [9.17, 15) is 4.79 Å². The highest BCUT2D eigenvalue weighted by Gasteiger charge is 2.16. The quantitative estimate of drug-likeness (QED) is 0.842. The van der Waals surface area contributed by atoms with Gasteiger partial charge in [-0.25, -0.2) is 0 Å². The Kier molecular flexibility index (Phi) is 3.56. The Labute approximate surface area is 117 Å². The van der Waals surface area contributed by atoms with Gasteiger partial charge in [-0.15, -0.1) is 0 Å². The second kappa shape index (κ2) is 5.51. The van der Waals surface area contributed by atoms with Gasteiger partial charge in [-0.1, -0.05) is 24.3 Å². The van der Waals surface area contributed by atoms with Gasteiger partial charge in [0.25, 0.3) is 0 Å². The lowest BCUT2D eigenvalue weighted by molar-refractivity contribution is 0.121. The van der Waals surface area contributed by atoms with Gasteiger partial charge in [-0.3, -0.25) is 4.79 Å². The van der Waals surface area contributed by atoms with Crippen LogP contribution in [0.5, 0.6) is 0 Å². The molecule has 0 radical (unpaired) electrons. The molecule has 0 unspecified atom stereocenters. The van der Waals surface area contributed by atoms with Crippen molar-refractivity contribution in [3.05, 3.63) is 46.1 Å². The molecule has 104 valence electrons. The zero-order chi connectivity index (χ0) is 13.9. The minimum Gasteiger partial charge on any atom is -0.440 e. The number of hydrogen-bond donors (Lipinski definition) is 0. The van der Waals surface area contributed by atoms with E-state index in [1.165, 1.54) is 0 Å². The third-order valence-corrected chi connectivity index (χ3v) is 3.44. The molecule has 0 saturated carbocycles. The normalized spacial score (nSPS) is 16.1. The van der Waals surface area contributed by atoms with Crippen LogP contribution in [0.1, 0.15) is 12.5 Å². The average Bonchev–Trinajstić information content (AvgIpc) is 2.49. The minimum absolute atomic E-state index is 0.000838. The standard InChI is InChI=1S/C16H17NO3/c1-2-4-12-5-3-6-13-14(18)11-15(20-16(12)13)17-7-9-19-10-8-17/h2-6,11H,7-10H2,1H3/b4-2-. The first-order valence-electron chi connectivity index (χ1n) is 6.82. The number of ether oxygens (including phenoxy) is 1. The van der Waals surface area contributed by atoms with Crippen LogP contribution < -0.4 is 10.3 Å². The van der Waals surface area contributed by atoms with Crippen molar-refractivity contribution in [2.75, 3.05) is 31.2 Å². The fraction of sp³-hybridized carbons (Fsp3) is 0.312. The van der Waals surface area contributed by atoms with Crippen LogP contribution in [0.25, 0.3) is 17.0 Å². The van der Waals surface area contributed by atoms with Gasteiger partial charge >= 0.3 is 0 Å². The van der Waals surface area contributed by atoms with E-state index in [1.54, 1.807) is 12.1 Å². The summed E-state index contributed by atoms with van der Waals surface area (Å²) in [5, 5.41) is 0.623. The van der Waals surface area contributed by atoms with Crippen LogP contribution in [0.4, 0.5) is 5.88 Å². The largest absolute Gasteiger partial charge is 0.440 e. The van der Waals surface area contributed by atoms with Gasteiger partial charge in [-0.05, 0) is 13.0 Å². The summed E-state index contributed by atoms with van der Waals surface area (Å²) in [6.07, 6.45) is 3.89. The molecule has 4 heteroatoms. The van der Waals surface area contributed by atoms with E-state index in [-0.39, 0.29) is 5.43 Å². The molecule has 1 aliphatic heterocycles. The molecular formula is C16H17NO3. The van der Waals surface area contributed by atoms with Crippen LogP contribution >= 0.6 is 0 Å². The van der Waals surface area contributed by atoms with Crippen LogP contribution in [-0.2, 0) is 4.74 Å². The lowest BCUT2D eigenvalue weighted by Crippen LogP contribution is -2.36. The molecule has 1 aromatic carbocycles. The molecule has 3 rings (SSSR count). The zero-order valence-electron chi connectivity index (χ0n) is 11.5. The van der Waals surface area contributed by atoms with Gasteiger partial charge in [-0.2, -0.15) is 0 Å². The first-order valence-corrected chi connectivity index (χ1v) is 6.82. The van der Waals surface area contributed by atoms with Crippen LogP contribution in [0.3, 0.4) is 0 Å². The van der Waals surface area contributed by atoms with Crippen molar-refractivity contribution >= 4 is 22.9 Å². The van der Waals surface area contributed by atoms with Gasteiger partial charge < -0.3 is 14.1 Å². The molecule has 2 heterocycles. The average molecular weight is 271 g/mol. The summed E-state index contributed by atoms with van der Waals surface area (Å²) >= 11 is 0. The Morgan fingerprint density at radius 1 is 1.25 bits per heavy atom. The molecule has 0 bridgehead atoms. The molecule has 0 spiro atoms. The summed E-state index contributed by atoms with van der Waals surface area (Å²) in [7, 11) is 0. The molecule has 1 aromatic heterocycles. The SMILES string of the molecule is C/C=C\c1cccc2c(=O)cc(N3CCOCC3)oc12. The Morgan fingerprint density at radius 2 is 2.05 bits per heavy atom. The van der Waals surface area contributed by atoms with Crippen LogP contribution in [0, 0.1) is 0 Å². The van der Waals surface area contributed by atoms with E-state index in [1.807, 2.05) is 31.2 Å². The molecular weight excluding hydrogens is 254 g/mol. The zero-order valence-corrected chi connectivity index (χ0v) is 11.5. The van der Waals surface area contributed by atoms with Gasteiger partial charge in [0.2, 0.25) is 0 Å². The molecule has 0 amide bonds. The maximum absolute atomic E-state index is 12.3. The minimum atomic E-state index is -0.000838. The number of hydrogen-bond acceptors (Lipinski definition) is 4. The third-order valence-electron chi connectivity index (χ3n) is 3.44. The summed E-state index contributed by atoms with van der Waals surface area (Å²) in [5.74, 6) is 0.628. The predicted octanol–water partition coefficient (Wildman–Crippen LogP) is 2.66. The topological polar surface area (TPSA) is 42.7 Å². The fourth-order valence-electron chi connectivity index (χ4n) is 2.44. The number of anilines is 1. The summed E-state index contributed by atoms with van der Waals surface area (Å²) < 4.78 is 11.3. The van der Waals surface area contributed by atoms with Crippen LogP contribution in [-0.4, -0.2) is 26.3 Å². The Morgan fingerprint density at radius 3 is 2.80 bits per heavy atom. The number of para-hydroxylation sites is 1. The number of nitrogens with zero attached hydrogens (tertiary/aromatic N) is 1. The summed E-state index contributed by atoms with van der Waals surface area (Å²) in [6.45, 7) is 4.78. The van der Waals surface area contributed by atoms with Gasteiger partial charge in [0.15, 0.2) is 11.3 Å². The highest BCUT2D eigenvalue weighted by atomic mass is 16.5. The third kappa shape index (κ3) is 2.34. The molecule has 0 atom stereocenters. The van der Waals surface area contributed by atoms with Gasteiger partial charge in [0, 0.05) is 24.7 Å². The van der Waals surface area contributed by atoms with E-state index in [4.69, 9.17) is 9.15 Å². The maximum Gasteiger partial charge on any atom is 0.200 e. The lowest BCUT2D eigenvalue weighted by atomic mass is 10.1. The maximum atomic E-state index is 12.3. The Bertz CT molecular complexity index is 696. The molecule has 4 nitrogen and oxygen atoms in total. The Balaban J connectivity index is 2.15. The fourth-order valence-corrected chi connectivity index (χ4v) is 2.44. The van der Waals surface area contributed by atoms with Crippen molar-refractivity contribution in [1.29, 1.82) is 0 Å². The van der Waals surface area contributed by atoms with E-state index < -0.39 is 0 Å². The molecule has 1 fully saturated rings. The van der Waals surface area contributed by atoms with Crippen molar-refractivity contribution in [1.82, 2.24) is 0 Å². The summed E-state index contributed by atoms with van der Waals surface area (Å²) in [4.78, 5) is 14.3. The summed E-state index contributed by atoms with van der Waals surface area (Å²) in [5.41, 5.74) is 1.58. The molecule has 0 aliphatic carbocycles. The number of benzene rings is 1. The highest BCUT2D eigenvalue weighted by Crippen LogP contribution is 2.23. The van der Waals surface area contributed by atoms with Crippen LogP contribution in [0.15, 0.2) is 39.6 Å². The van der Waals surface area contributed by atoms with Crippen molar-refractivity contribution in [2.24, 2.45) is 0 Å². The number of allylic oxidation sites excluding steroid dienone is 1. The predicted molar refractivity (Wildman–Crippen MR) is 80.2 cm³/mol. The molecule has 20 heavy (non-hydrogen) atoms. The smallest absolute Gasteiger partial charge is 0.200 e. The van der Waals surface area contributed by atoms with E-state index in [0.29, 0.717) is 30.1 Å². The molecule has 0 N–H and O–H groups in total. The Hall–Kier alpha value is -2.07. The molecule has 1 saturated heterocycles. The second-order valence-corrected chi connectivity index (χ2v) is 4.77. The van der Waals surface area contributed by atoms with Crippen molar-refractivity contribution in [3.63, 3.8) is 0 Å². The second-order valence-electron chi connectivity index (χ2n) is 4.77. The van der Waals surface area contributed by atoms with E-state index >= 15 is 0 Å². The molecule has 2 aromatic rings. The first-order chi connectivity index (χ1) is 9.79. The van der Waals surface area contributed by atoms with Crippen molar-refractivity contribution in [2.45, 2.75) is 6.92 Å². The lowest BCUT2D eigenvalue weighted by Gasteiger charge is -2.27. The highest BCUT2D eigenvalue weighted by molar-refractivity contribution is 5.86. The van der Waals surface area contributed by atoms with Crippen LogP contribution in [0.2, 0.25) is 0 Å². The van der Waals surface area contributed by atoms with E-state index in [2.05, 4.69) is 4.90 Å². The van der Waals surface area contributed by atoms with Crippen molar-refractivity contribution < 1.29 is 9.15 Å². The first kappa shape index (κ1) is 12.9. The number of fused-ring (bicyclic) bond motifs is 1. The van der Waals surface area contributed by atoms with Crippen molar-refractivity contribution in [3.8, 4) is 0 Å². The monoisotopic (exact) mass is 271 g/mol. The number of rotatable bonds is 2. The molecule has 1 aliphatic rings. The number of morpholine rings is 1. The van der Waals surface area contributed by atoms with Gasteiger partial charge in [0.05, 0.1) is 18.6 Å². The van der Waals surface area contributed by atoms with Gasteiger partial charge in [0.1, 0.15) is 5.58 Å². The summed E-state index contributed by atoms with van der Waals surface area (Å²) in [6, 6.07) is 7.21.